The molecule has 0 saturated heterocycles. The minimum Gasteiger partial charge on any atom is -0.460 e. The highest BCUT2D eigenvalue weighted by Gasteiger charge is 2.24. The fourth-order valence-corrected chi connectivity index (χ4v) is 1.11. The number of rotatable bonds is 3. The van der Waals surface area contributed by atoms with Crippen LogP contribution in [-0.4, -0.2) is 23.5 Å². The van der Waals surface area contributed by atoms with Gasteiger partial charge < -0.3 is 9.26 Å². The molecule has 0 aliphatic carbocycles. The van der Waals surface area contributed by atoms with Gasteiger partial charge in [0.1, 0.15) is 5.76 Å². The Hall–Kier alpha value is -1.65. The topological polar surface area (TPSA) is 69.4 Å². The van der Waals surface area contributed by atoms with Gasteiger partial charge in [0.25, 0.3) is 5.78 Å². The highest BCUT2D eigenvalue weighted by molar-refractivity contribution is 6.41. The smallest absolute Gasteiger partial charge is 0.379 e. The van der Waals surface area contributed by atoms with Crippen LogP contribution in [0.5, 0.6) is 0 Å². The second kappa shape index (κ2) is 4.04. The molecule has 0 aromatic carbocycles. The minimum absolute atomic E-state index is 0.175. The van der Waals surface area contributed by atoms with Crippen LogP contribution in [0.15, 0.2) is 4.52 Å². The van der Waals surface area contributed by atoms with Crippen molar-refractivity contribution in [3.05, 3.63) is 17.0 Å². The first-order chi connectivity index (χ1) is 6.57. The second-order valence-corrected chi connectivity index (χ2v) is 2.75. The van der Waals surface area contributed by atoms with Crippen molar-refractivity contribution in [2.45, 2.75) is 20.8 Å². The van der Waals surface area contributed by atoms with Gasteiger partial charge in [0.05, 0.1) is 17.9 Å². The second-order valence-electron chi connectivity index (χ2n) is 2.75. The predicted octanol–water partition coefficient (Wildman–Crippen LogP) is 1.04. The molecule has 5 nitrogen and oxygen atoms in total. The Morgan fingerprint density at radius 1 is 1.43 bits per heavy atom. The van der Waals surface area contributed by atoms with Crippen molar-refractivity contribution in [1.82, 2.24) is 5.16 Å². The molecule has 1 heterocycles. The third-order valence-electron chi connectivity index (χ3n) is 1.72. The van der Waals surface area contributed by atoms with Crippen LogP contribution in [0.25, 0.3) is 0 Å². The van der Waals surface area contributed by atoms with Gasteiger partial charge in [-0.05, 0) is 20.8 Å². The average molecular weight is 197 g/mol. The fraction of sp³-hybridized carbons (Fsp3) is 0.444. The first-order valence-electron chi connectivity index (χ1n) is 4.22. The zero-order valence-corrected chi connectivity index (χ0v) is 8.29. The van der Waals surface area contributed by atoms with Crippen LogP contribution in [-0.2, 0) is 9.53 Å². The highest BCUT2D eigenvalue weighted by atomic mass is 16.5. The standard InChI is InChI=1S/C9H11NO4/c1-4-13-9(12)8(11)7-5(2)10-14-6(7)3/h4H2,1-3H3. The molecular formula is C9H11NO4. The summed E-state index contributed by atoms with van der Waals surface area (Å²) < 4.78 is 9.35. The molecule has 0 aliphatic heterocycles. The number of nitrogens with zero attached hydrogens (tertiary/aromatic N) is 1. The molecular weight excluding hydrogens is 186 g/mol. The summed E-state index contributed by atoms with van der Waals surface area (Å²) in [6.07, 6.45) is 0. The zero-order chi connectivity index (χ0) is 10.7. The fourth-order valence-electron chi connectivity index (χ4n) is 1.11. The molecule has 5 heteroatoms. The normalized spacial score (nSPS) is 9.93. The number of hydrogen-bond acceptors (Lipinski definition) is 5. The Kier molecular flexibility index (Phi) is 3.01. The molecule has 0 N–H and O–H groups in total. The van der Waals surface area contributed by atoms with Gasteiger partial charge in [-0.25, -0.2) is 4.79 Å². The number of aromatic nitrogens is 1. The van der Waals surface area contributed by atoms with E-state index in [-0.39, 0.29) is 12.2 Å². The molecule has 14 heavy (non-hydrogen) atoms. The maximum Gasteiger partial charge on any atom is 0.379 e. The molecule has 0 saturated carbocycles. The summed E-state index contributed by atoms with van der Waals surface area (Å²) in [4.78, 5) is 22.6. The van der Waals surface area contributed by atoms with Gasteiger partial charge >= 0.3 is 5.97 Å². The lowest BCUT2D eigenvalue weighted by molar-refractivity contribution is -0.137. The quantitative estimate of drug-likeness (QED) is 0.411. The van der Waals surface area contributed by atoms with E-state index in [1.54, 1.807) is 20.8 Å². The van der Waals surface area contributed by atoms with E-state index in [2.05, 4.69) is 9.89 Å². The predicted molar refractivity (Wildman–Crippen MR) is 46.9 cm³/mol. The van der Waals surface area contributed by atoms with Gasteiger partial charge in [0, 0.05) is 0 Å². The van der Waals surface area contributed by atoms with Gasteiger partial charge in [-0.1, -0.05) is 5.16 Å². The van der Waals surface area contributed by atoms with Crippen LogP contribution >= 0.6 is 0 Å². The largest absolute Gasteiger partial charge is 0.460 e. The van der Waals surface area contributed by atoms with Crippen molar-refractivity contribution in [1.29, 1.82) is 0 Å². The number of ketones is 1. The van der Waals surface area contributed by atoms with Crippen LogP contribution in [0.3, 0.4) is 0 Å². The number of Topliss-reactive ketones (excluding diaryl/α,β-unsaturated/α-hetero) is 1. The van der Waals surface area contributed by atoms with Gasteiger partial charge in [-0.3, -0.25) is 4.79 Å². The number of carbonyl (C=O) groups excluding carboxylic acids is 2. The van der Waals surface area contributed by atoms with Crippen LogP contribution in [0.2, 0.25) is 0 Å². The molecule has 1 rings (SSSR count). The summed E-state index contributed by atoms with van der Waals surface area (Å²) in [7, 11) is 0. The van der Waals surface area contributed by atoms with E-state index in [1.807, 2.05) is 0 Å². The van der Waals surface area contributed by atoms with E-state index in [1.165, 1.54) is 0 Å². The average Bonchev–Trinajstić information content (AvgIpc) is 2.46. The van der Waals surface area contributed by atoms with Gasteiger partial charge in [0.2, 0.25) is 0 Å². The summed E-state index contributed by atoms with van der Waals surface area (Å²) in [6.45, 7) is 4.99. The Morgan fingerprint density at radius 3 is 2.50 bits per heavy atom. The van der Waals surface area contributed by atoms with E-state index in [9.17, 15) is 9.59 Å². The lowest BCUT2D eigenvalue weighted by atomic mass is 10.1. The van der Waals surface area contributed by atoms with Crippen LogP contribution < -0.4 is 0 Å². The third-order valence-corrected chi connectivity index (χ3v) is 1.72. The number of esters is 1. The molecule has 1 aromatic rings. The van der Waals surface area contributed by atoms with Crippen molar-refractivity contribution in [3.63, 3.8) is 0 Å². The molecule has 1 aromatic heterocycles. The third kappa shape index (κ3) is 1.81. The van der Waals surface area contributed by atoms with E-state index >= 15 is 0 Å². The maximum atomic E-state index is 11.5. The molecule has 0 aliphatic rings. The Bertz CT molecular complexity index is 347. The van der Waals surface area contributed by atoms with Crippen LogP contribution in [0.1, 0.15) is 28.7 Å². The number of aryl methyl sites for hydroxylation is 2. The first-order valence-corrected chi connectivity index (χ1v) is 4.22. The van der Waals surface area contributed by atoms with E-state index in [0.717, 1.165) is 0 Å². The Balaban J connectivity index is 2.95. The molecule has 0 bridgehead atoms. The number of hydrogen-bond donors (Lipinski definition) is 0. The van der Waals surface area contributed by atoms with Crippen molar-refractivity contribution in [3.8, 4) is 0 Å². The molecule has 0 amide bonds. The molecule has 0 unspecified atom stereocenters. The monoisotopic (exact) mass is 197 g/mol. The number of ether oxygens (including phenoxy) is 1. The number of carbonyl (C=O) groups is 2. The van der Waals surface area contributed by atoms with E-state index in [0.29, 0.717) is 11.5 Å². The first kappa shape index (κ1) is 10.4. The van der Waals surface area contributed by atoms with Crippen molar-refractivity contribution in [2.75, 3.05) is 6.61 Å². The summed E-state index contributed by atoms with van der Waals surface area (Å²) in [5.41, 5.74) is 0.601. The Morgan fingerprint density at radius 2 is 2.07 bits per heavy atom. The van der Waals surface area contributed by atoms with Crippen LogP contribution in [0.4, 0.5) is 0 Å². The van der Waals surface area contributed by atoms with Crippen molar-refractivity contribution in [2.24, 2.45) is 0 Å². The zero-order valence-electron chi connectivity index (χ0n) is 8.29. The Labute approximate surface area is 81.0 Å². The molecule has 76 valence electrons. The maximum absolute atomic E-state index is 11.5. The van der Waals surface area contributed by atoms with Gasteiger partial charge in [-0.2, -0.15) is 0 Å². The summed E-state index contributed by atoms with van der Waals surface area (Å²) in [5.74, 6) is -1.24. The highest BCUT2D eigenvalue weighted by Crippen LogP contribution is 2.13. The van der Waals surface area contributed by atoms with Crippen molar-refractivity contribution < 1.29 is 18.8 Å². The molecule has 0 fully saturated rings. The minimum atomic E-state index is -0.873. The van der Waals surface area contributed by atoms with Gasteiger partial charge in [-0.15, -0.1) is 0 Å². The van der Waals surface area contributed by atoms with Gasteiger partial charge in [0.15, 0.2) is 0 Å². The summed E-state index contributed by atoms with van der Waals surface area (Å²) >= 11 is 0. The molecule has 0 spiro atoms. The summed E-state index contributed by atoms with van der Waals surface area (Å²) in [6, 6.07) is 0. The summed E-state index contributed by atoms with van der Waals surface area (Å²) in [5, 5.41) is 3.58. The lowest BCUT2D eigenvalue weighted by Gasteiger charge is -1.99. The SMILES string of the molecule is CCOC(=O)C(=O)c1c(C)noc1C. The van der Waals surface area contributed by atoms with Crippen molar-refractivity contribution >= 4 is 11.8 Å². The molecule has 0 atom stereocenters. The molecule has 0 radical (unpaired) electrons. The lowest BCUT2D eigenvalue weighted by Crippen LogP contribution is -2.18. The van der Waals surface area contributed by atoms with E-state index in [4.69, 9.17) is 4.52 Å². The van der Waals surface area contributed by atoms with Crippen LogP contribution in [0, 0.1) is 13.8 Å². The van der Waals surface area contributed by atoms with E-state index < -0.39 is 11.8 Å².